The highest BCUT2D eigenvalue weighted by molar-refractivity contribution is 5.83. The molecule has 1 aliphatic heterocycles. The van der Waals surface area contributed by atoms with Crippen molar-refractivity contribution in [3.05, 3.63) is 91.6 Å². The maximum Gasteiger partial charge on any atom is 0.416 e. The topological polar surface area (TPSA) is 91.6 Å². The van der Waals surface area contributed by atoms with E-state index < -0.39 is 70.7 Å². The van der Waals surface area contributed by atoms with E-state index in [0.29, 0.717) is 19.2 Å². The number of hydrogen-bond acceptors (Lipinski definition) is 4. The fraction of sp³-hybridized carbons (Fsp3) is 0.417. The Balaban J connectivity index is 1.84. The SMILES string of the molecule is C#Cc1cc(F)c([C@H](CC(=O)O)NC(=O)[C@H](CC(C)C)n2cc(CC3CN(C)C3)c(C(F)(F)F)cc2=O)c(F)c1-c1c(C)cc(F)cc1C. The van der Waals surface area contributed by atoms with Gasteiger partial charge in [0.2, 0.25) is 5.91 Å². The van der Waals surface area contributed by atoms with E-state index >= 15 is 8.78 Å². The average molecular weight is 690 g/mol. The molecule has 0 spiro atoms. The number of benzene rings is 2. The first-order valence-electron chi connectivity index (χ1n) is 15.6. The number of carboxylic acids is 1. The minimum atomic E-state index is -4.84. The van der Waals surface area contributed by atoms with E-state index in [2.05, 4.69) is 11.2 Å². The van der Waals surface area contributed by atoms with Crippen LogP contribution >= 0.6 is 0 Å². The van der Waals surface area contributed by atoms with Crippen molar-refractivity contribution < 1.29 is 41.0 Å². The van der Waals surface area contributed by atoms with Crippen molar-refractivity contribution in [3.8, 4) is 23.5 Å². The Hall–Kier alpha value is -4.57. The Labute approximate surface area is 279 Å². The summed E-state index contributed by atoms with van der Waals surface area (Å²) in [7, 11) is 1.81. The quantitative estimate of drug-likeness (QED) is 0.176. The second-order valence-corrected chi connectivity index (χ2v) is 13.1. The van der Waals surface area contributed by atoms with E-state index in [-0.39, 0.29) is 58.1 Å². The second-order valence-electron chi connectivity index (χ2n) is 13.1. The van der Waals surface area contributed by atoms with Gasteiger partial charge in [0.25, 0.3) is 5.56 Å². The molecular weight excluding hydrogens is 652 g/mol. The Kier molecular flexibility index (Phi) is 11.0. The fourth-order valence-corrected chi connectivity index (χ4v) is 6.61. The van der Waals surface area contributed by atoms with Crippen LogP contribution in [0.5, 0.6) is 0 Å². The lowest BCUT2D eigenvalue weighted by Crippen LogP contribution is -2.45. The smallest absolute Gasteiger partial charge is 0.416 e. The molecule has 2 atom stereocenters. The molecule has 4 rings (SSSR count). The van der Waals surface area contributed by atoms with Gasteiger partial charge in [-0.1, -0.05) is 19.8 Å². The number of carbonyl (C=O) groups is 2. The first kappa shape index (κ1) is 37.3. The van der Waals surface area contributed by atoms with Crippen LogP contribution in [0.25, 0.3) is 11.1 Å². The highest BCUT2D eigenvalue weighted by atomic mass is 19.4. The average Bonchev–Trinajstić information content (AvgIpc) is 2.95. The van der Waals surface area contributed by atoms with E-state index in [4.69, 9.17) is 6.42 Å². The van der Waals surface area contributed by atoms with Crippen molar-refractivity contribution >= 4 is 11.9 Å². The Morgan fingerprint density at radius 2 is 1.67 bits per heavy atom. The molecule has 0 radical (unpaired) electrons. The molecule has 2 heterocycles. The second kappa shape index (κ2) is 14.5. The van der Waals surface area contributed by atoms with Crippen LogP contribution in [0.15, 0.2) is 35.3 Å². The standard InChI is InChI=1S/C36H37F6N3O4/c1-7-22-12-26(38)33(34(39)32(22)31-19(4)9-24(37)10-20(31)5)27(14-30(47)48)43-35(49)28(8-18(2)3)45-17-23(11-21-15-44(6)16-21)25(13-29(45)46)36(40,41)42/h1,9-10,12-13,17-18,21,27-28H,8,11,14-16H2,2-6H3,(H,43,49)(H,47,48)/t27-,28-/m0/s1. The number of aliphatic carboxylic acids is 1. The molecule has 1 amide bonds. The molecule has 0 saturated carbocycles. The largest absolute Gasteiger partial charge is 0.481 e. The molecule has 0 unspecified atom stereocenters. The monoisotopic (exact) mass is 689 g/mol. The molecule has 1 aromatic heterocycles. The maximum atomic E-state index is 16.5. The van der Waals surface area contributed by atoms with Gasteiger partial charge in [-0.15, -0.1) is 6.42 Å². The van der Waals surface area contributed by atoms with Crippen LogP contribution in [0.1, 0.15) is 72.2 Å². The summed E-state index contributed by atoms with van der Waals surface area (Å²) in [5.41, 5.74) is -3.16. The van der Waals surface area contributed by atoms with Crippen molar-refractivity contribution in [1.82, 2.24) is 14.8 Å². The van der Waals surface area contributed by atoms with Crippen LogP contribution in [0.3, 0.4) is 0 Å². The fourth-order valence-electron chi connectivity index (χ4n) is 6.61. The van der Waals surface area contributed by atoms with Crippen LogP contribution < -0.4 is 10.9 Å². The van der Waals surface area contributed by atoms with Crippen LogP contribution in [-0.4, -0.2) is 46.6 Å². The number of terminal acetylenes is 1. The number of pyridine rings is 1. The molecular formula is C36H37F6N3O4. The molecule has 13 heteroatoms. The van der Waals surface area contributed by atoms with Gasteiger partial charge >= 0.3 is 12.1 Å². The first-order valence-corrected chi connectivity index (χ1v) is 15.6. The summed E-state index contributed by atoms with van der Waals surface area (Å²) in [4.78, 5) is 41.1. The van der Waals surface area contributed by atoms with Gasteiger partial charge in [0.15, 0.2) is 0 Å². The Morgan fingerprint density at radius 1 is 1.06 bits per heavy atom. The minimum absolute atomic E-state index is 0.0138. The summed E-state index contributed by atoms with van der Waals surface area (Å²) < 4.78 is 89.3. The van der Waals surface area contributed by atoms with Crippen LogP contribution in [0.4, 0.5) is 26.3 Å². The van der Waals surface area contributed by atoms with Gasteiger partial charge < -0.3 is 19.9 Å². The zero-order chi connectivity index (χ0) is 36.5. The number of alkyl halides is 3. The number of aryl methyl sites for hydroxylation is 2. The highest BCUT2D eigenvalue weighted by Gasteiger charge is 2.38. The molecule has 1 aliphatic rings. The molecule has 1 fully saturated rings. The minimum Gasteiger partial charge on any atom is -0.481 e. The number of aromatic nitrogens is 1. The molecule has 49 heavy (non-hydrogen) atoms. The lowest BCUT2D eigenvalue weighted by molar-refractivity contribution is -0.139. The third-order valence-electron chi connectivity index (χ3n) is 8.65. The van der Waals surface area contributed by atoms with Crippen LogP contribution in [0, 0.1) is 55.5 Å². The zero-order valence-electron chi connectivity index (χ0n) is 27.6. The molecule has 7 nitrogen and oxygen atoms in total. The van der Waals surface area contributed by atoms with Crippen molar-refractivity contribution in [2.75, 3.05) is 20.1 Å². The maximum absolute atomic E-state index is 16.5. The number of carbonyl (C=O) groups excluding carboxylic acids is 1. The van der Waals surface area contributed by atoms with Gasteiger partial charge in [0.05, 0.1) is 18.0 Å². The van der Waals surface area contributed by atoms with Gasteiger partial charge in [0, 0.05) is 42.0 Å². The van der Waals surface area contributed by atoms with Gasteiger partial charge in [-0.3, -0.25) is 14.4 Å². The van der Waals surface area contributed by atoms with E-state index in [9.17, 15) is 37.1 Å². The third kappa shape index (κ3) is 8.19. The van der Waals surface area contributed by atoms with E-state index in [1.165, 1.54) is 13.8 Å². The lowest BCUT2D eigenvalue weighted by atomic mass is 9.88. The Morgan fingerprint density at radius 3 is 2.18 bits per heavy atom. The summed E-state index contributed by atoms with van der Waals surface area (Å²) in [6, 6.07) is 0.180. The third-order valence-corrected chi connectivity index (χ3v) is 8.65. The number of rotatable bonds is 11. The summed E-state index contributed by atoms with van der Waals surface area (Å²) in [5.74, 6) is -3.95. The number of carboxylic acid groups (broad SMARTS) is 1. The number of amides is 1. The van der Waals surface area contributed by atoms with Crippen LogP contribution in [0.2, 0.25) is 0 Å². The van der Waals surface area contributed by atoms with E-state index in [1.54, 1.807) is 13.8 Å². The lowest BCUT2D eigenvalue weighted by Gasteiger charge is -2.37. The normalized spacial score (nSPS) is 15.1. The van der Waals surface area contributed by atoms with Gasteiger partial charge in [-0.25, -0.2) is 13.2 Å². The summed E-state index contributed by atoms with van der Waals surface area (Å²) in [6.45, 7) is 7.45. The van der Waals surface area contributed by atoms with Crippen molar-refractivity contribution in [1.29, 1.82) is 0 Å². The molecule has 262 valence electrons. The molecule has 0 bridgehead atoms. The molecule has 2 N–H and O–H groups in total. The predicted molar refractivity (Wildman–Crippen MR) is 171 cm³/mol. The van der Waals surface area contributed by atoms with Crippen LogP contribution in [-0.2, 0) is 22.2 Å². The van der Waals surface area contributed by atoms with E-state index in [1.807, 2.05) is 11.9 Å². The number of hydrogen-bond donors (Lipinski definition) is 2. The summed E-state index contributed by atoms with van der Waals surface area (Å²) >= 11 is 0. The van der Waals surface area contributed by atoms with Gasteiger partial charge in [0.1, 0.15) is 23.5 Å². The number of nitrogens with zero attached hydrogens (tertiary/aromatic N) is 2. The van der Waals surface area contributed by atoms with Crippen molar-refractivity contribution in [2.45, 2.75) is 65.2 Å². The molecule has 2 aromatic carbocycles. The van der Waals surface area contributed by atoms with Crippen molar-refractivity contribution in [2.24, 2.45) is 11.8 Å². The van der Waals surface area contributed by atoms with Gasteiger partial charge in [-0.2, -0.15) is 13.2 Å². The number of likely N-dealkylation sites (tertiary alicyclic amines) is 1. The molecule has 1 saturated heterocycles. The highest BCUT2D eigenvalue weighted by Crippen LogP contribution is 2.39. The summed E-state index contributed by atoms with van der Waals surface area (Å²) in [6.07, 6.45) is 0.639. The number of nitrogens with one attached hydrogen (secondary N) is 1. The molecule has 3 aromatic rings. The van der Waals surface area contributed by atoms with Gasteiger partial charge in [-0.05, 0) is 86.0 Å². The number of halogens is 6. The predicted octanol–water partition coefficient (Wildman–Crippen LogP) is 6.57. The van der Waals surface area contributed by atoms with E-state index in [0.717, 1.165) is 29.0 Å². The Bertz CT molecular complexity index is 1850. The zero-order valence-corrected chi connectivity index (χ0v) is 27.6. The van der Waals surface area contributed by atoms with Crippen molar-refractivity contribution in [3.63, 3.8) is 0 Å². The molecule has 0 aliphatic carbocycles. The summed E-state index contributed by atoms with van der Waals surface area (Å²) in [5, 5.41) is 12.1. The first-order chi connectivity index (χ1) is 22.8.